The van der Waals surface area contributed by atoms with E-state index in [2.05, 4.69) is 15.9 Å². The van der Waals surface area contributed by atoms with E-state index < -0.39 is 0 Å². The van der Waals surface area contributed by atoms with E-state index in [1.54, 1.807) is 18.0 Å². The molecule has 2 aromatic rings. The fraction of sp³-hybridized carbons (Fsp3) is 0.435. The van der Waals surface area contributed by atoms with Crippen LogP contribution in [0, 0.1) is 5.82 Å². The Hall–Kier alpha value is -2.60. The molecule has 0 bridgehead atoms. The van der Waals surface area contributed by atoms with Crippen molar-refractivity contribution in [1.29, 1.82) is 0 Å². The fourth-order valence-electron chi connectivity index (χ4n) is 3.81. The fourth-order valence-corrected chi connectivity index (χ4v) is 3.81. The standard InChI is InChI=1S/C23H30FN3O2/c1-4-29-22-11-6-5-10-21(22)27-14-12-26(13-15-27)18(2)23(28)25(3)17-19-8-7-9-20(24)16-19/h5-11,16,18H,4,12-15,17H2,1-3H3/t18-/m1/s1. The number of carbonyl (C=O) groups excluding carboxylic acids is 1. The summed E-state index contributed by atoms with van der Waals surface area (Å²) < 4.78 is 19.2. The number of anilines is 1. The van der Waals surface area contributed by atoms with E-state index in [4.69, 9.17) is 4.74 Å². The highest BCUT2D eigenvalue weighted by Crippen LogP contribution is 2.29. The molecule has 1 atom stereocenters. The molecule has 0 aliphatic carbocycles. The Morgan fingerprint density at radius 3 is 2.55 bits per heavy atom. The smallest absolute Gasteiger partial charge is 0.239 e. The molecule has 5 nitrogen and oxygen atoms in total. The van der Waals surface area contributed by atoms with Crippen molar-refractivity contribution >= 4 is 11.6 Å². The number of rotatable bonds is 7. The minimum Gasteiger partial charge on any atom is -0.492 e. The predicted molar refractivity (Wildman–Crippen MR) is 114 cm³/mol. The van der Waals surface area contributed by atoms with Crippen molar-refractivity contribution in [3.05, 3.63) is 59.9 Å². The number of para-hydroxylation sites is 2. The molecule has 2 aromatic carbocycles. The first-order valence-electron chi connectivity index (χ1n) is 10.2. The molecule has 3 rings (SSSR count). The van der Waals surface area contributed by atoms with Gasteiger partial charge in [0.2, 0.25) is 5.91 Å². The van der Waals surface area contributed by atoms with Crippen molar-refractivity contribution in [3.8, 4) is 5.75 Å². The third kappa shape index (κ3) is 5.26. The maximum atomic E-state index is 13.4. The summed E-state index contributed by atoms with van der Waals surface area (Å²) in [5, 5.41) is 0. The molecule has 1 aliphatic heterocycles. The average Bonchev–Trinajstić information content (AvgIpc) is 2.73. The Balaban J connectivity index is 1.56. The second-order valence-electron chi connectivity index (χ2n) is 7.42. The third-order valence-electron chi connectivity index (χ3n) is 5.41. The predicted octanol–water partition coefficient (Wildman–Crippen LogP) is 3.39. The zero-order chi connectivity index (χ0) is 20.8. The van der Waals surface area contributed by atoms with E-state index in [0.29, 0.717) is 13.2 Å². The van der Waals surface area contributed by atoms with E-state index >= 15 is 0 Å². The van der Waals surface area contributed by atoms with Crippen molar-refractivity contribution in [1.82, 2.24) is 9.80 Å². The molecule has 1 fully saturated rings. The van der Waals surface area contributed by atoms with E-state index in [1.807, 2.05) is 38.1 Å². The van der Waals surface area contributed by atoms with Crippen LogP contribution in [0.5, 0.6) is 5.75 Å². The Bertz CT molecular complexity index is 821. The highest BCUT2D eigenvalue weighted by Gasteiger charge is 2.28. The van der Waals surface area contributed by atoms with Crippen LogP contribution >= 0.6 is 0 Å². The van der Waals surface area contributed by atoms with Gasteiger partial charge in [0, 0.05) is 39.8 Å². The molecule has 0 aromatic heterocycles. The van der Waals surface area contributed by atoms with Gasteiger partial charge in [-0.2, -0.15) is 0 Å². The number of nitrogens with zero attached hydrogens (tertiary/aromatic N) is 3. The second kappa shape index (κ2) is 9.74. The monoisotopic (exact) mass is 399 g/mol. The molecular weight excluding hydrogens is 369 g/mol. The van der Waals surface area contributed by atoms with E-state index in [1.165, 1.54) is 12.1 Å². The van der Waals surface area contributed by atoms with Gasteiger partial charge >= 0.3 is 0 Å². The maximum Gasteiger partial charge on any atom is 0.239 e. The lowest BCUT2D eigenvalue weighted by Crippen LogP contribution is -2.54. The molecule has 1 heterocycles. The lowest BCUT2D eigenvalue weighted by molar-refractivity contribution is -0.135. The molecule has 1 aliphatic rings. The van der Waals surface area contributed by atoms with Gasteiger partial charge in [0.25, 0.3) is 0 Å². The summed E-state index contributed by atoms with van der Waals surface area (Å²) in [5.41, 5.74) is 1.90. The van der Waals surface area contributed by atoms with Crippen molar-refractivity contribution in [2.45, 2.75) is 26.4 Å². The SMILES string of the molecule is CCOc1ccccc1N1CCN([C@H](C)C(=O)N(C)Cc2cccc(F)c2)CC1. The molecule has 0 N–H and O–H groups in total. The first kappa shape index (κ1) is 21.1. The van der Waals surface area contributed by atoms with Crippen molar-refractivity contribution in [2.75, 3.05) is 44.7 Å². The second-order valence-corrected chi connectivity index (χ2v) is 7.42. The highest BCUT2D eigenvalue weighted by molar-refractivity contribution is 5.81. The number of likely N-dealkylation sites (N-methyl/N-ethyl adjacent to an activating group) is 1. The van der Waals surface area contributed by atoms with Crippen molar-refractivity contribution in [2.24, 2.45) is 0 Å². The summed E-state index contributed by atoms with van der Waals surface area (Å²) in [7, 11) is 1.78. The topological polar surface area (TPSA) is 36.0 Å². The summed E-state index contributed by atoms with van der Waals surface area (Å²) in [5.74, 6) is 0.680. The molecule has 156 valence electrons. The Labute approximate surface area is 172 Å². The van der Waals surface area contributed by atoms with Gasteiger partial charge in [-0.3, -0.25) is 9.69 Å². The number of hydrogen-bond acceptors (Lipinski definition) is 4. The molecule has 1 amide bonds. The minimum atomic E-state index is -0.278. The molecule has 0 saturated carbocycles. The van der Waals surface area contributed by atoms with Crippen molar-refractivity contribution < 1.29 is 13.9 Å². The number of hydrogen-bond donors (Lipinski definition) is 0. The van der Waals surface area contributed by atoms with E-state index in [9.17, 15) is 9.18 Å². The lowest BCUT2D eigenvalue weighted by atomic mass is 10.1. The van der Waals surface area contributed by atoms with E-state index in [0.717, 1.165) is 43.2 Å². The Morgan fingerprint density at radius 2 is 1.86 bits per heavy atom. The molecule has 6 heteroatoms. The number of benzene rings is 2. The van der Waals surface area contributed by atoms with Gasteiger partial charge in [-0.1, -0.05) is 24.3 Å². The van der Waals surface area contributed by atoms with Crippen LogP contribution in [0.3, 0.4) is 0 Å². The lowest BCUT2D eigenvalue weighted by Gasteiger charge is -2.39. The average molecular weight is 400 g/mol. The van der Waals surface area contributed by atoms with Gasteiger partial charge in [-0.15, -0.1) is 0 Å². The largest absolute Gasteiger partial charge is 0.492 e. The maximum absolute atomic E-state index is 13.4. The number of ether oxygens (including phenoxy) is 1. The summed E-state index contributed by atoms with van der Waals surface area (Å²) in [6.07, 6.45) is 0. The van der Waals surface area contributed by atoms with Crippen LogP contribution in [0.25, 0.3) is 0 Å². The Kier molecular flexibility index (Phi) is 7.09. The van der Waals surface area contributed by atoms with Gasteiger partial charge in [-0.05, 0) is 43.7 Å². The summed E-state index contributed by atoms with van der Waals surface area (Å²) >= 11 is 0. The number of piperazine rings is 1. The van der Waals surface area contributed by atoms with E-state index in [-0.39, 0.29) is 17.8 Å². The van der Waals surface area contributed by atoms with Gasteiger partial charge in [0.15, 0.2) is 0 Å². The van der Waals surface area contributed by atoms with Crippen LogP contribution in [0.4, 0.5) is 10.1 Å². The quantitative estimate of drug-likeness (QED) is 0.715. The van der Waals surface area contributed by atoms with Crippen LogP contribution in [0.1, 0.15) is 19.4 Å². The van der Waals surface area contributed by atoms with Gasteiger partial charge in [0.1, 0.15) is 11.6 Å². The summed E-state index contributed by atoms with van der Waals surface area (Å²) in [4.78, 5) is 19.1. The zero-order valence-corrected chi connectivity index (χ0v) is 17.5. The molecule has 0 spiro atoms. The van der Waals surface area contributed by atoms with Gasteiger partial charge in [0.05, 0.1) is 18.3 Å². The van der Waals surface area contributed by atoms with Gasteiger partial charge in [-0.25, -0.2) is 4.39 Å². The van der Waals surface area contributed by atoms with Crippen LogP contribution in [0.15, 0.2) is 48.5 Å². The third-order valence-corrected chi connectivity index (χ3v) is 5.41. The van der Waals surface area contributed by atoms with Crippen LogP contribution in [-0.4, -0.2) is 61.6 Å². The molecule has 0 radical (unpaired) electrons. The number of amides is 1. The normalized spacial score (nSPS) is 15.8. The number of carbonyl (C=O) groups is 1. The summed E-state index contributed by atoms with van der Waals surface area (Å²) in [6.45, 7) is 8.28. The van der Waals surface area contributed by atoms with Crippen LogP contribution in [-0.2, 0) is 11.3 Å². The Morgan fingerprint density at radius 1 is 1.14 bits per heavy atom. The summed E-state index contributed by atoms with van der Waals surface area (Å²) in [6, 6.07) is 14.3. The molecular formula is C23H30FN3O2. The van der Waals surface area contributed by atoms with Crippen LogP contribution in [0.2, 0.25) is 0 Å². The minimum absolute atomic E-state index is 0.0532. The molecule has 1 saturated heterocycles. The van der Waals surface area contributed by atoms with Crippen LogP contribution < -0.4 is 9.64 Å². The molecule has 29 heavy (non-hydrogen) atoms. The number of halogens is 1. The highest BCUT2D eigenvalue weighted by atomic mass is 19.1. The first-order valence-corrected chi connectivity index (χ1v) is 10.2. The molecule has 0 unspecified atom stereocenters. The first-order chi connectivity index (χ1) is 14.0. The van der Waals surface area contributed by atoms with Crippen molar-refractivity contribution in [3.63, 3.8) is 0 Å². The zero-order valence-electron chi connectivity index (χ0n) is 17.5. The van der Waals surface area contributed by atoms with Gasteiger partial charge < -0.3 is 14.5 Å².